The third-order valence-electron chi connectivity index (χ3n) is 5.50. The quantitative estimate of drug-likeness (QED) is 0.522. The van der Waals surface area contributed by atoms with Gasteiger partial charge in [0.2, 0.25) is 0 Å². The number of benzene rings is 1. The average Bonchev–Trinajstić information content (AvgIpc) is 2.67. The maximum atomic E-state index is 13.0. The minimum atomic E-state index is -0.539. The number of thioether (sulfide) groups is 1. The van der Waals surface area contributed by atoms with Crippen molar-refractivity contribution in [2.75, 3.05) is 30.3 Å². The molecule has 1 aromatic carbocycles. The first-order valence-electron chi connectivity index (χ1n) is 10.3. The predicted octanol–water partition coefficient (Wildman–Crippen LogP) is 4.92. The Hall–Kier alpha value is -1.45. The van der Waals surface area contributed by atoms with Crippen LogP contribution < -0.4 is 10.6 Å². The van der Waals surface area contributed by atoms with E-state index in [4.69, 9.17) is 16.3 Å². The standard InChI is InChI=1S/C21H26BrClN4O3S/c1-11-9-25(20(29)30-21(3,4)5)6-7-26(11)18-13-8-14(23)15(22)17-16(13)27(19(28)24-18)12(2)10-31-17/h8,11-12H,6-7,9-10H2,1-5H3/t11-,12+/m0/s1. The summed E-state index contributed by atoms with van der Waals surface area (Å²) in [5.41, 5.74) is 0.0758. The van der Waals surface area contributed by atoms with Crippen molar-refractivity contribution in [3.63, 3.8) is 0 Å². The first kappa shape index (κ1) is 22.7. The topological polar surface area (TPSA) is 67.7 Å². The van der Waals surface area contributed by atoms with Crippen LogP contribution in [0.5, 0.6) is 0 Å². The van der Waals surface area contributed by atoms with Gasteiger partial charge in [0.15, 0.2) is 0 Å². The van der Waals surface area contributed by atoms with E-state index in [0.717, 1.165) is 26.0 Å². The van der Waals surface area contributed by atoms with Crippen LogP contribution in [0.2, 0.25) is 5.02 Å². The maximum Gasteiger partial charge on any atom is 0.410 e. The first-order chi connectivity index (χ1) is 14.5. The van der Waals surface area contributed by atoms with Crippen LogP contribution in [0.15, 0.2) is 20.2 Å². The van der Waals surface area contributed by atoms with Crippen LogP contribution in [0.1, 0.15) is 40.7 Å². The summed E-state index contributed by atoms with van der Waals surface area (Å²) in [4.78, 5) is 34.8. The molecular formula is C21H26BrClN4O3S. The number of nitrogens with zero attached hydrogens (tertiary/aromatic N) is 4. The van der Waals surface area contributed by atoms with Crippen LogP contribution in [-0.2, 0) is 4.74 Å². The fourth-order valence-corrected chi connectivity index (χ4v) is 6.15. The summed E-state index contributed by atoms with van der Waals surface area (Å²) in [5, 5.41) is 1.46. The molecule has 2 atom stereocenters. The normalized spacial score (nSPS) is 21.5. The molecule has 0 N–H and O–H groups in total. The van der Waals surface area contributed by atoms with Crippen molar-refractivity contribution in [2.24, 2.45) is 0 Å². The van der Waals surface area contributed by atoms with E-state index in [1.54, 1.807) is 21.2 Å². The molecule has 4 rings (SSSR count). The number of hydrogen-bond donors (Lipinski definition) is 0. The van der Waals surface area contributed by atoms with E-state index in [1.165, 1.54) is 0 Å². The van der Waals surface area contributed by atoms with Gasteiger partial charge in [0.1, 0.15) is 11.4 Å². The number of anilines is 1. The van der Waals surface area contributed by atoms with Crippen LogP contribution in [0.25, 0.3) is 10.9 Å². The third kappa shape index (κ3) is 4.16. The summed E-state index contributed by atoms with van der Waals surface area (Å²) in [7, 11) is 0. The van der Waals surface area contributed by atoms with Gasteiger partial charge in [0, 0.05) is 47.8 Å². The van der Waals surface area contributed by atoms with E-state index in [1.807, 2.05) is 40.7 Å². The molecule has 168 valence electrons. The zero-order chi connectivity index (χ0) is 22.7. The zero-order valence-electron chi connectivity index (χ0n) is 18.2. The van der Waals surface area contributed by atoms with E-state index < -0.39 is 5.60 Å². The molecule has 1 aromatic heterocycles. The third-order valence-corrected chi connectivity index (χ3v) is 8.45. The fourth-order valence-electron chi connectivity index (χ4n) is 4.11. The van der Waals surface area contributed by atoms with Crippen molar-refractivity contribution in [1.82, 2.24) is 14.5 Å². The Bertz CT molecular complexity index is 1120. The van der Waals surface area contributed by atoms with Gasteiger partial charge in [-0.3, -0.25) is 4.57 Å². The Morgan fingerprint density at radius 2 is 2.00 bits per heavy atom. The molecule has 10 heteroatoms. The number of amides is 1. The van der Waals surface area contributed by atoms with Crippen LogP contribution in [0.4, 0.5) is 10.6 Å². The van der Waals surface area contributed by atoms with Gasteiger partial charge in [0.25, 0.3) is 0 Å². The van der Waals surface area contributed by atoms with Gasteiger partial charge in [-0.25, -0.2) is 9.59 Å². The zero-order valence-corrected chi connectivity index (χ0v) is 21.4. The molecule has 31 heavy (non-hydrogen) atoms. The highest BCUT2D eigenvalue weighted by Gasteiger charge is 2.33. The second kappa shape index (κ2) is 8.15. The smallest absolute Gasteiger partial charge is 0.410 e. The van der Waals surface area contributed by atoms with Gasteiger partial charge >= 0.3 is 11.8 Å². The van der Waals surface area contributed by atoms with Crippen molar-refractivity contribution in [1.29, 1.82) is 0 Å². The highest BCUT2D eigenvalue weighted by molar-refractivity contribution is 9.10. The van der Waals surface area contributed by atoms with Crippen LogP contribution in [0, 0.1) is 0 Å². The molecule has 0 aliphatic carbocycles. The molecule has 3 heterocycles. The summed E-state index contributed by atoms with van der Waals surface area (Å²) in [6.45, 7) is 11.2. The Morgan fingerprint density at radius 3 is 2.65 bits per heavy atom. The molecular weight excluding hydrogens is 504 g/mol. The van der Waals surface area contributed by atoms with Crippen molar-refractivity contribution in [3.05, 3.63) is 26.0 Å². The summed E-state index contributed by atoms with van der Waals surface area (Å²) >= 11 is 11.8. The number of piperazine rings is 1. The Morgan fingerprint density at radius 1 is 1.29 bits per heavy atom. The minimum absolute atomic E-state index is 0.0360. The van der Waals surface area contributed by atoms with Gasteiger partial charge in [0.05, 0.1) is 15.0 Å². The number of carbonyl (C=O) groups is 1. The van der Waals surface area contributed by atoms with E-state index in [9.17, 15) is 9.59 Å². The second-order valence-corrected chi connectivity index (χ2v) is 11.3. The number of hydrogen-bond acceptors (Lipinski definition) is 6. The summed E-state index contributed by atoms with van der Waals surface area (Å²) in [6.07, 6.45) is -0.318. The molecule has 0 bridgehead atoms. The molecule has 0 spiro atoms. The molecule has 0 unspecified atom stereocenters. The highest BCUT2D eigenvalue weighted by Crippen LogP contribution is 2.45. The molecule has 7 nitrogen and oxygen atoms in total. The first-order valence-corrected chi connectivity index (χ1v) is 12.4. The van der Waals surface area contributed by atoms with E-state index >= 15 is 0 Å². The summed E-state index contributed by atoms with van der Waals surface area (Å²) < 4.78 is 8.11. The molecule has 2 aromatic rings. The molecule has 0 saturated carbocycles. The van der Waals surface area contributed by atoms with Crippen LogP contribution >= 0.6 is 39.3 Å². The van der Waals surface area contributed by atoms with Crippen molar-refractivity contribution >= 4 is 62.1 Å². The van der Waals surface area contributed by atoms with E-state index in [-0.39, 0.29) is 23.9 Å². The number of aromatic nitrogens is 2. The number of rotatable bonds is 1. The number of ether oxygens (including phenoxy) is 1. The lowest BCUT2D eigenvalue weighted by Crippen LogP contribution is -2.55. The SMILES string of the molecule is C[C@@H]1CSc2c(Br)c(Cl)cc3c(N4CCN(C(=O)OC(C)(C)C)C[C@@H]4C)nc(=O)n1c23. The largest absolute Gasteiger partial charge is 0.444 e. The van der Waals surface area contributed by atoms with Crippen molar-refractivity contribution in [2.45, 2.75) is 57.2 Å². The summed E-state index contributed by atoms with van der Waals surface area (Å²) in [5.74, 6) is 1.41. The molecule has 1 fully saturated rings. The van der Waals surface area contributed by atoms with Crippen LogP contribution in [-0.4, -0.2) is 57.6 Å². The fraction of sp³-hybridized carbons (Fsp3) is 0.571. The number of halogens is 2. The Balaban J connectivity index is 1.74. The molecule has 1 saturated heterocycles. The Labute approximate surface area is 199 Å². The molecule has 2 aliphatic rings. The van der Waals surface area contributed by atoms with Gasteiger partial charge in [-0.2, -0.15) is 4.98 Å². The van der Waals surface area contributed by atoms with Crippen molar-refractivity contribution < 1.29 is 9.53 Å². The molecule has 1 amide bonds. The molecule has 2 aliphatic heterocycles. The number of carbonyl (C=O) groups excluding carboxylic acids is 1. The van der Waals surface area contributed by atoms with Gasteiger partial charge in [-0.1, -0.05) is 11.6 Å². The lowest BCUT2D eigenvalue weighted by molar-refractivity contribution is 0.0218. The maximum absolute atomic E-state index is 13.0. The average molecular weight is 530 g/mol. The van der Waals surface area contributed by atoms with Crippen molar-refractivity contribution in [3.8, 4) is 0 Å². The highest BCUT2D eigenvalue weighted by atomic mass is 79.9. The lowest BCUT2D eigenvalue weighted by atomic mass is 10.1. The minimum Gasteiger partial charge on any atom is -0.444 e. The molecule has 0 radical (unpaired) electrons. The van der Waals surface area contributed by atoms with Gasteiger partial charge < -0.3 is 14.5 Å². The lowest BCUT2D eigenvalue weighted by Gasteiger charge is -2.41. The monoisotopic (exact) mass is 528 g/mol. The van der Waals surface area contributed by atoms with E-state index in [0.29, 0.717) is 30.5 Å². The van der Waals surface area contributed by atoms with Gasteiger partial charge in [-0.05, 0) is 56.6 Å². The Kier molecular flexibility index (Phi) is 5.98. The summed E-state index contributed by atoms with van der Waals surface area (Å²) in [6, 6.07) is 1.89. The predicted molar refractivity (Wildman–Crippen MR) is 129 cm³/mol. The van der Waals surface area contributed by atoms with E-state index in [2.05, 4.69) is 25.8 Å². The van der Waals surface area contributed by atoms with Crippen LogP contribution in [0.3, 0.4) is 0 Å². The second-order valence-electron chi connectivity index (χ2n) is 9.11. The van der Waals surface area contributed by atoms with Gasteiger partial charge in [-0.15, -0.1) is 11.8 Å².